The zero-order valence-electron chi connectivity index (χ0n) is 18.1. The summed E-state index contributed by atoms with van der Waals surface area (Å²) >= 11 is 0. The summed E-state index contributed by atoms with van der Waals surface area (Å²) in [4.78, 5) is 17.8. The molecule has 0 aliphatic carbocycles. The zero-order chi connectivity index (χ0) is 20.9. The van der Waals surface area contributed by atoms with Gasteiger partial charge in [-0.1, -0.05) is 30.3 Å². The lowest BCUT2D eigenvalue weighted by Gasteiger charge is -2.39. The van der Waals surface area contributed by atoms with Crippen LogP contribution in [0.5, 0.6) is 0 Å². The summed E-state index contributed by atoms with van der Waals surface area (Å²) in [6.45, 7) is 9.13. The molecule has 1 amide bonds. The maximum atomic E-state index is 13.3. The normalized spacial score (nSPS) is 23.3. The number of ether oxygens (including phenoxy) is 1. The van der Waals surface area contributed by atoms with Crippen LogP contribution in [-0.4, -0.2) is 60.6 Å². The molecule has 2 aliphatic rings. The van der Waals surface area contributed by atoms with Crippen LogP contribution in [0.15, 0.2) is 54.6 Å². The van der Waals surface area contributed by atoms with Gasteiger partial charge in [-0.3, -0.25) is 9.69 Å². The molecule has 1 N–H and O–H groups in total. The van der Waals surface area contributed by atoms with Crippen LogP contribution in [0.3, 0.4) is 0 Å². The highest BCUT2D eigenvalue weighted by atomic mass is 16.5. The molecule has 2 aromatic rings. The molecule has 2 fully saturated rings. The van der Waals surface area contributed by atoms with Gasteiger partial charge in [-0.25, -0.2) is 0 Å². The largest absolute Gasteiger partial charge is 0.373 e. The maximum Gasteiger partial charge on any atom is 0.255 e. The maximum absolute atomic E-state index is 13.3. The Labute approximate surface area is 180 Å². The summed E-state index contributed by atoms with van der Waals surface area (Å²) < 4.78 is 5.86. The standard InChI is InChI=1S/C25H33N3O2/c1-19-16-27(17-20(2)30-19)18-21-12-14-28(15-13-21)25(29)23-10-6-7-11-24(23)26-22-8-4-3-5-9-22/h3-11,19-21,26H,12-18H2,1-2H3. The molecule has 2 atom stereocenters. The number of hydrogen-bond acceptors (Lipinski definition) is 4. The number of piperidine rings is 1. The van der Waals surface area contributed by atoms with Crippen LogP contribution in [0, 0.1) is 5.92 Å². The zero-order valence-corrected chi connectivity index (χ0v) is 18.1. The third kappa shape index (κ3) is 5.21. The third-order valence-corrected chi connectivity index (χ3v) is 6.12. The number of anilines is 2. The van der Waals surface area contributed by atoms with Gasteiger partial charge in [0, 0.05) is 38.4 Å². The average Bonchev–Trinajstić information content (AvgIpc) is 2.74. The molecule has 30 heavy (non-hydrogen) atoms. The highest BCUT2D eigenvalue weighted by Crippen LogP contribution is 2.26. The molecule has 2 heterocycles. The molecular weight excluding hydrogens is 374 g/mol. The predicted molar refractivity (Wildman–Crippen MR) is 121 cm³/mol. The first kappa shape index (κ1) is 20.9. The first-order chi connectivity index (χ1) is 14.6. The van der Waals surface area contributed by atoms with Crippen molar-refractivity contribution >= 4 is 17.3 Å². The van der Waals surface area contributed by atoms with E-state index >= 15 is 0 Å². The second kappa shape index (κ2) is 9.63. The van der Waals surface area contributed by atoms with Crippen LogP contribution in [-0.2, 0) is 4.74 Å². The molecule has 5 nitrogen and oxygen atoms in total. The van der Waals surface area contributed by atoms with Gasteiger partial charge in [0.05, 0.1) is 23.5 Å². The molecule has 2 aromatic carbocycles. The molecule has 0 aromatic heterocycles. The van der Waals surface area contributed by atoms with Crippen molar-refractivity contribution < 1.29 is 9.53 Å². The molecule has 160 valence electrons. The monoisotopic (exact) mass is 407 g/mol. The molecule has 0 spiro atoms. The molecule has 0 radical (unpaired) electrons. The van der Waals surface area contributed by atoms with Crippen LogP contribution in [0.1, 0.15) is 37.0 Å². The number of para-hydroxylation sites is 2. The minimum absolute atomic E-state index is 0.126. The van der Waals surface area contributed by atoms with E-state index in [0.29, 0.717) is 18.1 Å². The first-order valence-corrected chi connectivity index (χ1v) is 11.2. The van der Waals surface area contributed by atoms with Gasteiger partial charge >= 0.3 is 0 Å². The van der Waals surface area contributed by atoms with Crippen LogP contribution in [0.25, 0.3) is 0 Å². The van der Waals surface area contributed by atoms with Gasteiger partial charge < -0.3 is 15.0 Å². The highest BCUT2D eigenvalue weighted by Gasteiger charge is 2.28. The number of benzene rings is 2. The average molecular weight is 408 g/mol. The fourth-order valence-electron chi connectivity index (χ4n) is 4.74. The van der Waals surface area contributed by atoms with E-state index in [-0.39, 0.29) is 5.91 Å². The number of hydrogen-bond donors (Lipinski definition) is 1. The molecule has 2 saturated heterocycles. The van der Waals surface area contributed by atoms with Crippen molar-refractivity contribution in [1.82, 2.24) is 9.80 Å². The van der Waals surface area contributed by atoms with Crippen molar-refractivity contribution in [1.29, 1.82) is 0 Å². The van der Waals surface area contributed by atoms with Gasteiger partial charge in [0.25, 0.3) is 5.91 Å². The highest BCUT2D eigenvalue weighted by molar-refractivity contribution is 6.00. The lowest BCUT2D eigenvalue weighted by Crippen LogP contribution is -2.48. The van der Waals surface area contributed by atoms with Gasteiger partial charge in [0.2, 0.25) is 0 Å². The number of likely N-dealkylation sites (tertiary alicyclic amines) is 1. The van der Waals surface area contributed by atoms with Crippen molar-refractivity contribution in [2.24, 2.45) is 5.92 Å². The fraction of sp³-hybridized carbons (Fsp3) is 0.480. The van der Waals surface area contributed by atoms with Crippen molar-refractivity contribution in [3.63, 3.8) is 0 Å². The van der Waals surface area contributed by atoms with E-state index in [1.54, 1.807) is 0 Å². The number of carbonyl (C=O) groups excluding carboxylic acids is 1. The Balaban J connectivity index is 1.35. The van der Waals surface area contributed by atoms with E-state index < -0.39 is 0 Å². The summed E-state index contributed by atoms with van der Waals surface area (Å²) in [5, 5.41) is 3.40. The van der Waals surface area contributed by atoms with Gasteiger partial charge in [-0.2, -0.15) is 0 Å². The Kier molecular flexibility index (Phi) is 6.70. The predicted octanol–water partition coefficient (Wildman–Crippen LogP) is 4.39. The van der Waals surface area contributed by atoms with Crippen molar-refractivity contribution in [2.75, 3.05) is 38.0 Å². The van der Waals surface area contributed by atoms with Crippen LogP contribution in [0.2, 0.25) is 0 Å². The van der Waals surface area contributed by atoms with Crippen molar-refractivity contribution in [3.05, 3.63) is 60.2 Å². The molecule has 0 saturated carbocycles. The number of nitrogens with one attached hydrogen (secondary N) is 1. The van der Waals surface area contributed by atoms with Gasteiger partial charge in [-0.05, 0) is 56.9 Å². The van der Waals surface area contributed by atoms with E-state index in [2.05, 4.69) is 24.1 Å². The van der Waals surface area contributed by atoms with Crippen molar-refractivity contribution in [2.45, 2.75) is 38.9 Å². The summed E-state index contributed by atoms with van der Waals surface area (Å²) in [6, 6.07) is 17.8. The van der Waals surface area contributed by atoms with Gasteiger partial charge in [-0.15, -0.1) is 0 Å². The van der Waals surface area contributed by atoms with Crippen LogP contribution < -0.4 is 5.32 Å². The molecule has 4 rings (SSSR count). The summed E-state index contributed by atoms with van der Waals surface area (Å²) in [5.74, 6) is 0.783. The van der Waals surface area contributed by atoms with E-state index in [9.17, 15) is 4.79 Å². The van der Waals surface area contributed by atoms with Crippen LogP contribution >= 0.6 is 0 Å². The number of amides is 1. The molecule has 0 bridgehead atoms. The Morgan fingerprint density at radius 2 is 1.60 bits per heavy atom. The number of nitrogens with zero attached hydrogens (tertiary/aromatic N) is 2. The Morgan fingerprint density at radius 1 is 0.967 bits per heavy atom. The Morgan fingerprint density at radius 3 is 2.30 bits per heavy atom. The van der Waals surface area contributed by atoms with E-state index in [1.807, 2.05) is 59.5 Å². The van der Waals surface area contributed by atoms with Crippen LogP contribution in [0.4, 0.5) is 11.4 Å². The molecule has 5 heteroatoms. The number of rotatable bonds is 5. The molecular formula is C25H33N3O2. The first-order valence-electron chi connectivity index (χ1n) is 11.2. The minimum Gasteiger partial charge on any atom is -0.373 e. The van der Waals surface area contributed by atoms with E-state index in [4.69, 9.17) is 4.74 Å². The Bertz CT molecular complexity index is 823. The third-order valence-electron chi connectivity index (χ3n) is 6.12. The quantitative estimate of drug-likeness (QED) is 0.798. The lowest BCUT2D eigenvalue weighted by atomic mass is 9.95. The smallest absolute Gasteiger partial charge is 0.255 e. The number of morpholine rings is 1. The fourth-order valence-corrected chi connectivity index (χ4v) is 4.74. The lowest BCUT2D eigenvalue weighted by molar-refractivity contribution is -0.0728. The Hall–Kier alpha value is -2.37. The topological polar surface area (TPSA) is 44.8 Å². The molecule has 2 unspecified atom stereocenters. The van der Waals surface area contributed by atoms with E-state index in [1.165, 1.54) is 0 Å². The second-order valence-corrected chi connectivity index (χ2v) is 8.75. The van der Waals surface area contributed by atoms with Crippen molar-refractivity contribution in [3.8, 4) is 0 Å². The number of carbonyl (C=O) groups is 1. The summed E-state index contributed by atoms with van der Waals surface area (Å²) in [6.07, 6.45) is 2.76. The molecule has 2 aliphatic heterocycles. The second-order valence-electron chi connectivity index (χ2n) is 8.75. The van der Waals surface area contributed by atoms with Gasteiger partial charge in [0.1, 0.15) is 0 Å². The summed E-state index contributed by atoms with van der Waals surface area (Å²) in [7, 11) is 0. The summed E-state index contributed by atoms with van der Waals surface area (Å²) in [5.41, 5.74) is 2.60. The SMILES string of the molecule is CC1CN(CC2CCN(C(=O)c3ccccc3Nc3ccccc3)CC2)CC(C)O1. The van der Waals surface area contributed by atoms with E-state index in [0.717, 1.165) is 62.5 Å². The van der Waals surface area contributed by atoms with Gasteiger partial charge in [0.15, 0.2) is 0 Å². The minimum atomic E-state index is 0.126.